The van der Waals surface area contributed by atoms with Gasteiger partial charge >= 0.3 is 0 Å². The fourth-order valence-corrected chi connectivity index (χ4v) is 3.33. The number of phenolic OH excluding ortho intramolecular Hbond substituents is 1. The number of carbonyl (C=O) groups is 2. The Balaban J connectivity index is 1.53. The molecular weight excluding hydrogens is 410 g/mol. The first kappa shape index (κ1) is 17.1. The fourth-order valence-electron chi connectivity index (χ4n) is 2.97. The minimum Gasteiger partial charge on any atom is -0.506 e. The maximum atomic E-state index is 12.4. The molecule has 0 unspecified atom stereocenters. The van der Waals surface area contributed by atoms with Gasteiger partial charge in [0.2, 0.25) is 0 Å². The Kier molecular flexibility index (Phi) is 4.29. The molecule has 6 nitrogen and oxygen atoms in total. The molecule has 7 heteroatoms. The van der Waals surface area contributed by atoms with Crippen LogP contribution in [0.1, 0.15) is 15.9 Å². The Morgan fingerprint density at radius 3 is 2.78 bits per heavy atom. The molecule has 2 heterocycles. The molecule has 0 bridgehead atoms. The maximum Gasteiger partial charge on any atom is 0.296 e. The van der Waals surface area contributed by atoms with Crippen LogP contribution in [0.2, 0.25) is 0 Å². The Hall–Kier alpha value is -3.32. The van der Waals surface area contributed by atoms with Crippen LogP contribution >= 0.6 is 15.9 Å². The number of aromatic hydroxyl groups is 1. The van der Waals surface area contributed by atoms with Crippen molar-refractivity contribution in [2.75, 3.05) is 0 Å². The van der Waals surface area contributed by atoms with Crippen LogP contribution in [0.3, 0.4) is 0 Å². The van der Waals surface area contributed by atoms with E-state index in [1.165, 1.54) is 18.5 Å². The number of aromatic nitrogens is 2. The van der Waals surface area contributed by atoms with Crippen LogP contribution < -0.4 is 5.32 Å². The van der Waals surface area contributed by atoms with Crippen molar-refractivity contribution in [3.8, 4) is 5.75 Å². The lowest BCUT2D eigenvalue weighted by Gasteiger charge is -1.99. The van der Waals surface area contributed by atoms with Crippen molar-refractivity contribution in [1.29, 1.82) is 0 Å². The van der Waals surface area contributed by atoms with E-state index in [2.05, 4.69) is 31.2 Å². The lowest BCUT2D eigenvalue weighted by Crippen LogP contribution is -2.26. The van der Waals surface area contributed by atoms with Crippen molar-refractivity contribution in [1.82, 2.24) is 15.3 Å². The topological polar surface area (TPSA) is 98.0 Å². The smallest absolute Gasteiger partial charge is 0.296 e. The summed E-state index contributed by atoms with van der Waals surface area (Å²) in [6.07, 6.45) is 6.41. The maximum absolute atomic E-state index is 12.4. The second kappa shape index (κ2) is 6.77. The quantitative estimate of drug-likeness (QED) is 0.294. The molecule has 0 atom stereocenters. The van der Waals surface area contributed by atoms with Crippen LogP contribution in [0.4, 0.5) is 0 Å². The SMILES string of the molecule is O=C(NC=Cc1c[nH]c2ccc(Br)cc12)C(=O)c1c[nH]c2c(O)cccc12. The average molecular weight is 424 g/mol. The van der Waals surface area contributed by atoms with Gasteiger partial charge in [-0.2, -0.15) is 0 Å². The lowest BCUT2D eigenvalue weighted by molar-refractivity contribution is -0.116. The zero-order valence-electron chi connectivity index (χ0n) is 13.9. The average Bonchev–Trinajstić information content (AvgIpc) is 3.26. The molecule has 27 heavy (non-hydrogen) atoms. The van der Waals surface area contributed by atoms with Crippen LogP contribution in [0.15, 0.2) is 59.5 Å². The molecule has 2 aromatic carbocycles. The van der Waals surface area contributed by atoms with Gasteiger partial charge in [-0.05, 0) is 30.3 Å². The van der Waals surface area contributed by atoms with E-state index in [1.54, 1.807) is 18.2 Å². The highest BCUT2D eigenvalue weighted by Crippen LogP contribution is 2.26. The molecule has 0 saturated heterocycles. The van der Waals surface area contributed by atoms with Crippen molar-refractivity contribution >= 4 is 55.5 Å². The number of rotatable bonds is 4. The van der Waals surface area contributed by atoms with Gasteiger partial charge in [0.05, 0.1) is 11.1 Å². The monoisotopic (exact) mass is 423 g/mol. The number of Topliss-reactive ketones (excluding diaryl/α,β-unsaturated/α-hetero) is 1. The Bertz CT molecular complexity index is 1220. The first-order valence-electron chi connectivity index (χ1n) is 8.12. The molecule has 4 aromatic rings. The number of ketones is 1. The third kappa shape index (κ3) is 3.13. The summed E-state index contributed by atoms with van der Waals surface area (Å²) in [7, 11) is 0. The largest absolute Gasteiger partial charge is 0.506 e. The highest BCUT2D eigenvalue weighted by atomic mass is 79.9. The van der Waals surface area contributed by atoms with Gasteiger partial charge in [0.15, 0.2) is 0 Å². The molecule has 1 amide bonds. The third-order valence-corrected chi connectivity index (χ3v) is 4.79. The Morgan fingerprint density at radius 2 is 1.93 bits per heavy atom. The number of hydrogen-bond acceptors (Lipinski definition) is 3. The van der Waals surface area contributed by atoms with Gasteiger partial charge in [-0.3, -0.25) is 9.59 Å². The number of nitrogens with one attached hydrogen (secondary N) is 3. The van der Waals surface area contributed by atoms with Gasteiger partial charge in [-0.1, -0.05) is 28.1 Å². The summed E-state index contributed by atoms with van der Waals surface area (Å²) in [4.78, 5) is 30.6. The summed E-state index contributed by atoms with van der Waals surface area (Å²) < 4.78 is 0.950. The molecule has 0 aliphatic rings. The second-order valence-corrected chi connectivity index (χ2v) is 6.89. The molecule has 134 valence electrons. The summed E-state index contributed by atoms with van der Waals surface area (Å²) in [5, 5.41) is 13.8. The van der Waals surface area contributed by atoms with Crippen molar-refractivity contribution in [2.45, 2.75) is 0 Å². The van der Waals surface area contributed by atoms with E-state index in [1.807, 2.05) is 24.4 Å². The number of aromatic amines is 2. The summed E-state index contributed by atoms with van der Waals surface area (Å²) in [5.41, 5.74) is 2.49. The van der Waals surface area contributed by atoms with Gasteiger partial charge in [0.25, 0.3) is 11.7 Å². The summed E-state index contributed by atoms with van der Waals surface area (Å²) >= 11 is 3.44. The zero-order chi connectivity index (χ0) is 19.0. The number of fused-ring (bicyclic) bond motifs is 2. The van der Waals surface area contributed by atoms with Crippen LogP contribution in [0.25, 0.3) is 27.9 Å². The van der Waals surface area contributed by atoms with Gasteiger partial charge < -0.3 is 20.4 Å². The first-order valence-corrected chi connectivity index (χ1v) is 8.91. The molecular formula is C20H14BrN3O3. The van der Waals surface area contributed by atoms with Crippen LogP contribution in [-0.4, -0.2) is 26.8 Å². The lowest BCUT2D eigenvalue weighted by atomic mass is 10.1. The van der Waals surface area contributed by atoms with Crippen molar-refractivity contribution < 1.29 is 14.7 Å². The standard InChI is InChI=1S/C20H14BrN3O3/c21-12-4-5-16-14(8-12)11(9-23-16)6-7-22-20(27)19(26)15-10-24-18-13(15)2-1-3-17(18)25/h1-10,23-25H,(H,22,27). The van der Waals surface area contributed by atoms with E-state index < -0.39 is 11.7 Å². The van der Waals surface area contributed by atoms with Crippen LogP contribution in [-0.2, 0) is 4.79 Å². The first-order chi connectivity index (χ1) is 13.0. The van der Waals surface area contributed by atoms with Crippen LogP contribution in [0.5, 0.6) is 5.75 Å². The number of para-hydroxylation sites is 1. The number of amides is 1. The van der Waals surface area contributed by atoms with Crippen molar-refractivity contribution in [2.24, 2.45) is 0 Å². The number of halogens is 1. The van der Waals surface area contributed by atoms with E-state index in [0.29, 0.717) is 10.9 Å². The minimum atomic E-state index is -0.753. The van der Waals surface area contributed by atoms with Gasteiger partial charge in [-0.25, -0.2) is 0 Å². The molecule has 4 N–H and O–H groups in total. The molecule has 4 rings (SSSR count). The molecule has 0 aliphatic heterocycles. The van der Waals surface area contributed by atoms with E-state index >= 15 is 0 Å². The number of benzene rings is 2. The Labute approximate surface area is 162 Å². The van der Waals surface area contributed by atoms with Crippen molar-refractivity contribution in [3.63, 3.8) is 0 Å². The molecule has 0 aliphatic carbocycles. The predicted molar refractivity (Wildman–Crippen MR) is 107 cm³/mol. The zero-order valence-corrected chi connectivity index (χ0v) is 15.5. The van der Waals surface area contributed by atoms with Gasteiger partial charge in [0, 0.05) is 44.9 Å². The van der Waals surface area contributed by atoms with E-state index in [4.69, 9.17) is 0 Å². The van der Waals surface area contributed by atoms with E-state index in [9.17, 15) is 14.7 Å². The number of phenols is 1. The number of carbonyl (C=O) groups excluding carboxylic acids is 2. The highest BCUT2D eigenvalue weighted by Gasteiger charge is 2.19. The Morgan fingerprint density at radius 1 is 1.07 bits per heavy atom. The van der Waals surface area contributed by atoms with Crippen molar-refractivity contribution in [3.05, 3.63) is 70.6 Å². The van der Waals surface area contributed by atoms with E-state index in [-0.39, 0.29) is 11.3 Å². The highest BCUT2D eigenvalue weighted by molar-refractivity contribution is 9.10. The summed E-state index contributed by atoms with van der Waals surface area (Å²) in [6.45, 7) is 0. The third-order valence-electron chi connectivity index (χ3n) is 4.30. The number of H-pyrrole nitrogens is 2. The fraction of sp³-hybridized carbons (Fsp3) is 0. The van der Waals surface area contributed by atoms with Crippen LogP contribution in [0, 0.1) is 0 Å². The minimum absolute atomic E-state index is 0.0253. The molecule has 0 radical (unpaired) electrons. The normalized spacial score (nSPS) is 11.4. The van der Waals surface area contributed by atoms with Gasteiger partial charge in [-0.15, -0.1) is 0 Å². The second-order valence-electron chi connectivity index (χ2n) is 5.97. The molecule has 0 saturated carbocycles. The van der Waals surface area contributed by atoms with E-state index in [0.717, 1.165) is 20.9 Å². The van der Waals surface area contributed by atoms with Gasteiger partial charge in [0.1, 0.15) is 5.75 Å². The summed E-state index contributed by atoms with van der Waals surface area (Å²) in [5.74, 6) is -1.41. The predicted octanol–water partition coefficient (Wildman–Crippen LogP) is 4.09. The summed E-state index contributed by atoms with van der Waals surface area (Å²) in [6, 6.07) is 10.7. The molecule has 0 fully saturated rings. The number of hydrogen-bond donors (Lipinski definition) is 4. The molecule has 2 aromatic heterocycles. The molecule has 0 spiro atoms.